The lowest BCUT2D eigenvalue weighted by molar-refractivity contribution is 0.217. The summed E-state index contributed by atoms with van der Waals surface area (Å²) in [7, 11) is 0. The molecule has 0 saturated carbocycles. The van der Waals surface area contributed by atoms with Crippen LogP contribution in [0.2, 0.25) is 0 Å². The number of thiophene rings is 1. The third-order valence-electron chi connectivity index (χ3n) is 6.97. The van der Waals surface area contributed by atoms with Gasteiger partial charge in [0.2, 0.25) is 0 Å². The molecule has 1 saturated heterocycles. The van der Waals surface area contributed by atoms with Crippen molar-refractivity contribution in [3.05, 3.63) is 59.5 Å². The first-order chi connectivity index (χ1) is 20.6. The summed E-state index contributed by atoms with van der Waals surface area (Å²) >= 11 is 3.00. The molecule has 1 aliphatic heterocycles. The third kappa shape index (κ3) is 7.06. The molecule has 0 spiro atoms. The van der Waals surface area contributed by atoms with E-state index in [1.807, 2.05) is 16.9 Å². The van der Waals surface area contributed by atoms with E-state index in [1.165, 1.54) is 43.7 Å². The topological polar surface area (TPSA) is 126 Å². The van der Waals surface area contributed by atoms with Crippen LogP contribution in [-0.4, -0.2) is 67.1 Å². The largest absolute Gasteiger partial charge is 0.368 e. The zero-order valence-corrected chi connectivity index (χ0v) is 24.6. The molecule has 1 aromatic carbocycles. The zero-order valence-electron chi connectivity index (χ0n) is 22.9. The Bertz CT molecular complexity index is 1640. The van der Waals surface area contributed by atoms with Crippen molar-refractivity contribution in [2.45, 2.75) is 38.9 Å². The molecule has 5 aromatic rings. The maximum Gasteiger partial charge on any atom is 0.325 e. The first-order valence-electron chi connectivity index (χ1n) is 13.9. The van der Waals surface area contributed by atoms with Crippen molar-refractivity contribution < 1.29 is 9.18 Å². The molecule has 0 aliphatic carbocycles. The lowest BCUT2D eigenvalue weighted by Gasteiger charge is -2.25. The lowest BCUT2D eigenvalue weighted by Crippen LogP contribution is -2.32. The molecule has 1 aliphatic rings. The second-order valence-electron chi connectivity index (χ2n) is 10.0. The van der Waals surface area contributed by atoms with Crippen LogP contribution in [0.1, 0.15) is 29.7 Å². The normalized spacial score (nSPS) is 13.8. The monoisotopic (exact) mass is 606 g/mol. The predicted octanol–water partition coefficient (Wildman–Crippen LogP) is 5.66. The minimum absolute atomic E-state index is 0.427. The quantitative estimate of drug-likeness (QED) is 0.176. The number of alkyl halides is 1. The number of urea groups is 1. The molecule has 1 fully saturated rings. The van der Waals surface area contributed by atoms with Gasteiger partial charge in [-0.3, -0.25) is 10.00 Å². The number of nitrogens with zero attached hydrogens (tertiary/aromatic N) is 7. The van der Waals surface area contributed by atoms with Gasteiger partial charge in [-0.25, -0.2) is 24.1 Å². The van der Waals surface area contributed by atoms with E-state index in [-0.39, 0.29) is 0 Å². The number of halogens is 1. The SMILES string of the molecule is O=C(Nc1cccc(CF)c1)Nc1ncc(CCNc2ncnc3cc(-c4cn(CCN5CCCCC5)nn4)sc23)s1. The maximum atomic E-state index is 12.9. The van der Waals surface area contributed by atoms with E-state index in [2.05, 4.69) is 46.1 Å². The minimum Gasteiger partial charge on any atom is -0.368 e. The number of piperidine rings is 1. The fourth-order valence-corrected chi connectivity index (χ4v) is 6.66. The number of nitrogens with one attached hydrogen (secondary N) is 3. The molecule has 14 heteroatoms. The summed E-state index contributed by atoms with van der Waals surface area (Å²) < 4.78 is 15.8. The van der Waals surface area contributed by atoms with Crippen LogP contribution in [0.5, 0.6) is 0 Å². The molecule has 0 unspecified atom stereocenters. The Hall–Kier alpha value is -4.01. The standard InChI is InChI=1S/C28H31FN10OS2/c29-15-19-5-4-6-20(13-19)34-27(40)35-28-31-16-21(41-28)7-8-30-26-25-22(32-18-33-26)14-24(42-25)23-17-39(37-36-23)12-11-38-9-2-1-3-10-38/h4-6,13-14,16-18H,1-3,7-12,15H2,(H,30,32,33)(H2,31,34,35,40). The van der Waals surface area contributed by atoms with Crippen LogP contribution in [0.25, 0.3) is 20.8 Å². The number of amides is 2. The van der Waals surface area contributed by atoms with Crippen molar-refractivity contribution >= 4 is 55.6 Å². The summed E-state index contributed by atoms with van der Waals surface area (Å²) in [4.78, 5) is 30.1. The Balaban J connectivity index is 1.02. The zero-order chi connectivity index (χ0) is 28.7. The van der Waals surface area contributed by atoms with Crippen LogP contribution < -0.4 is 16.0 Å². The number of carbonyl (C=O) groups is 1. The predicted molar refractivity (Wildman–Crippen MR) is 165 cm³/mol. The van der Waals surface area contributed by atoms with Gasteiger partial charge in [-0.2, -0.15) is 0 Å². The van der Waals surface area contributed by atoms with Crippen LogP contribution in [0.15, 0.2) is 49.1 Å². The van der Waals surface area contributed by atoms with Crippen LogP contribution >= 0.6 is 22.7 Å². The van der Waals surface area contributed by atoms with Gasteiger partial charge in [0.05, 0.1) is 27.8 Å². The minimum atomic E-state index is -0.586. The van der Waals surface area contributed by atoms with E-state index in [0.29, 0.717) is 29.3 Å². The summed E-state index contributed by atoms with van der Waals surface area (Å²) in [5.74, 6) is 0.770. The molecule has 0 bridgehead atoms. The van der Waals surface area contributed by atoms with Gasteiger partial charge >= 0.3 is 6.03 Å². The summed E-state index contributed by atoms with van der Waals surface area (Å²) in [5.41, 5.74) is 2.73. The van der Waals surface area contributed by atoms with E-state index in [9.17, 15) is 9.18 Å². The first kappa shape index (κ1) is 28.1. The van der Waals surface area contributed by atoms with Crippen molar-refractivity contribution in [2.75, 3.05) is 42.1 Å². The molecule has 5 heterocycles. The fourth-order valence-electron chi connectivity index (χ4n) is 4.83. The van der Waals surface area contributed by atoms with Crippen molar-refractivity contribution in [2.24, 2.45) is 0 Å². The van der Waals surface area contributed by atoms with Crippen molar-refractivity contribution in [3.63, 3.8) is 0 Å². The van der Waals surface area contributed by atoms with E-state index < -0.39 is 12.7 Å². The molecule has 42 heavy (non-hydrogen) atoms. The Kier molecular flexibility index (Phi) is 8.92. The van der Waals surface area contributed by atoms with Gasteiger partial charge in [0.1, 0.15) is 24.5 Å². The molecular weight excluding hydrogens is 576 g/mol. The highest BCUT2D eigenvalue weighted by atomic mass is 32.1. The number of carbonyl (C=O) groups excluding carboxylic acids is 1. The molecule has 4 aromatic heterocycles. The Morgan fingerprint density at radius 3 is 2.81 bits per heavy atom. The number of anilines is 3. The van der Waals surface area contributed by atoms with Gasteiger partial charge in [0.15, 0.2) is 5.13 Å². The molecule has 3 N–H and O–H groups in total. The van der Waals surface area contributed by atoms with Crippen molar-refractivity contribution in [1.82, 2.24) is 34.8 Å². The molecule has 218 valence electrons. The molecule has 6 rings (SSSR count). The van der Waals surface area contributed by atoms with Gasteiger partial charge in [0.25, 0.3) is 0 Å². The number of likely N-dealkylation sites (tertiary alicyclic amines) is 1. The average Bonchev–Trinajstić information content (AvgIpc) is 3.77. The van der Waals surface area contributed by atoms with Crippen molar-refractivity contribution in [3.8, 4) is 10.6 Å². The van der Waals surface area contributed by atoms with E-state index >= 15 is 0 Å². The summed E-state index contributed by atoms with van der Waals surface area (Å²) in [6.07, 6.45) is 9.92. The van der Waals surface area contributed by atoms with Crippen LogP contribution in [-0.2, 0) is 19.6 Å². The second kappa shape index (κ2) is 13.3. The highest BCUT2D eigenvalue weighted by Gasteiger charge is 2.15. The number of aromatic nitrogens is 6. The van der Waals surface area contributed by atoms with Gasteiger partial charge in [-0.1, -0.05) is 23.8 Å². The number of fused-ring (bicyclic) bond motifs is 1. The highest BCUT2D eigenvalue weighted by molar-refractivity contribution is 7.22. The number of rotatable bonds is 11. The first-order valence-corrected chi connectivity index (χ1v) is 15.5. The molecule has 2 amide bonds. The van der Waals surface area contributed by atoms with Gasteiger partial charge in [-0.15, -0.1) is 27.8 Å². The highest BCUT2D eigenvalue weighted by Crippen LogP contribution is 2.34. The molecular formula is C28H31FN10OS2. The number of thiazole rings is 1. The maximum absolute atomic E-state index is 12.9. The summed E-state index contributed by atoms with van der Waals surface area (Å²) in [6.45, 7) is 4.22. The van der Waals surface area contributed by atoms with Gasteiger partial charge in [-0.05, 0) is 49.7 Å². The summed E-state index contributed by atoms with van der Waals surface area (Å²) in [6, 6.07) is 8.27. The molecule has 0 atom stereocenters. The third-order valence-corrected chi connectivity index (χ3v) is 9.10. The molecule has 0 radical (unpaired) electrons. The van der Waals surface area contributed by atoms with E-state index in [0.717, 1.165) is 44.6 Å². The van der Waals surface area contributed by atoms with E-state index in [4.69, 9.17) is 0 Å². The summed E-state index contributed by atoms with van der Waals surface area (Å²) in [5, 5.41) is 18.1. The second-order valence-corrected chi connectivity index (χ2v) is 12.2. The van der Waals surface area contributed by atoms with Crippen molar-refractivity contribution in [1.29, 1.82) is 0 Å². The van der Waals surface area contributed by atoms with Crippen LogP contribution in [0, 0.1) is 0 Å². The number of benzene rings is 1. The van der Waals surface area contributed by atoms with Crippen LogP contribution in [0.4, 0.5) is 25.8 Å². The number of hydrogen-bond acceptors (Lipinski definition) is 10. The lowest BCUT2D eigenvalue weighted by atomic mass is 10.1. The Morgan fingerprint density at radius 1 is 1.02 bits per heavy atom. The van der Waals surface area contributed by atoms with Gasteiger partial charge in [0, 0.05) is 36.3 Å². The smallest absolute Gasteiger partial charge is 0.325 e. The fraction of sp³-hybridized carbons (Fsp3) is 0.357. The number of hydrogen-bond donors (Lipinski definition) is 3. The average molecular weight is 607 g/mol. The Labute approximate surface area is 250 Å². The van der Waals surface area contributed by atoms with Gasteiger partial charge < -0.3 is 15.5 Å². The Morgan fingerprint density at radius 2 is 1.93 bits per heavy atom. The van der Waals surface area contributed by atoms with E-state index in [1.54, 1.807) is 48.1 Å². The molecule has 11 nitrogen and oxygen atoms in total. The van der Waals surface area contributed by atoms with Crippen LogP contribution in [0.3, 0.4) is 0 Å².